The molecule has 3 aromatic rings. The Morgan fingerprint density at radius 1 is 0.786 bits per heavy atom. The summed E-state index contributed by atoms with van der Waals surface area (Å²) in [6.07, 6.45) is 2.00. The molecule has 1 aliphatic rings. The van der Waals surface area contributed by atoms with Crippen LogP contribution >= 0.6 is 0 Å². The lowest BCUT2D eigenvalue weighted by Gasteiger charge is -2.39. The SMILES string of the molecule is COC1(c2ccccc2)OC(c2ccc(F)cc2)=CC(c2ccccc2)=C1C. The van der Waals surface area contributed by atoms with Crippen molar-refractivity contribution in [1.82, 2.24) is 0 Å². The van der Waals surface area contributed by atoms with Crippen LogP contribution in [0.1, 0.15) is 23.6 Å². The molecule has 3 heteroatoms. The number of ether oxygens (including phenoxy) is 2. The van der Waals surface area contributed by atoms with Crippen LogP contribution in [0.4, 0.5) is 4.39 Å². The molecule has 0 aliphatic carbocycles. The van der Waals surface area contributed by atoms with E-state index in [-0.39, 0.29) is 5.82 Å². The quantitative estimate of drug-likeness (QED) is 0.545. The monoisotopic (exact) mass is 372 g/mol. The first-order valence-electron chi connectivity index (χ1n) is 9.18. The predicted octanol–water partition coefficient (Wildman–Crippen LogP) is 6.17. The van der Waals surface area contributed by atoms with Crippen molar-refractivity contribution in [2.24, 2.45) is 0 Å². The molecule has 4 rings (SSSR count). The lowest BCUT2D eigenvalue weighted by Crippen LogP contribution is -2.35. The molecule has 28 heavy (non-hydrogen) atoms. The molecule has 1 heterocycles. The highest BCUT2D eigenvalue weighted by atomic mass is 19.1. The summed E-state index contributed by atoms with van der Waals surface area (Å²) in [7, 11) is 1.65. The summed E-state index contributed by atoms with van der Waals surface area (Å²) in [5.41, 5.74) is 4.74. The average molecular weight is 372 g/mol. The van der Waals surface area contributed by atoms with Crippen LogP contribution in [0, 0.1) is 5.82 Å². The summed E-state index contributed by atoms with van der Waals surface area (Å²) in [5, 5.41) is 0. The summed E-state index contributed by atoms with van der Waals surface area (Å²) < 4.78 is 25.9. The molecule has 1 unspecified atom stereocenters. The van der Waals surface area contributed by atoms with Crippen LogP contribution in [-0.4, -0.2) is 7.11 Å². The van der Waals surface area contributed by atoms with Crippen molar-refractivity contribution >= 4 is 11.3 Å². The Kier molecular flexibility index (Phi) is 4.84. The zero-order valence-electron chi connectivity index (χ0n) is 15.9. The molecule has 1 atom stereocenters. The van der Waals surface area contributed by atoms with E-state index in [2.05, 4.69) is 12.1 Å². The Labute approximate surface area is 164 Å². The Hall–Kier alpha value is -3.17. The van der Waals surface area contributed by atoms with Gasteiger partial charge >= 0.3 is 0 Å². The molecule has 2 nitrogen and oxygen atoms in total. The molecule has 0 spiro atoms. The first-order valence-corrected chi connectivity index (χ1v) is 9.18. The standard InChI is InChI=1S/C25H21FO2/c1-18-23(19-9-5-3-6-10-19)17-24(20-13-15-22(26)16-14-20)28-25(18,27-2)21-11-7-4-8-12-21/h3-17H,1-2H3. The average Bonchev–Trinajstić information content (AvgIpc) is 2.76. The minimum absolute atomic E-state index is 0.281. The summed E-state index contributed by atoms with van der Waals surface area (Å²) >= 11 is 0. The number of hydrogen-bond donors (Lipinski definition) is 0. The number of methoxy groups -OCH3 is 1. The summed E-state index contributed by atoms with van der Waals surface area (Å²) in [6, 6.07) is 26.3. The van der Waals surface area contributed by atoms with Crippen molar-refractivity contribution in [1.29, 1.82) is 0 Å². The molecule has 0 bridgehead atoms. The van der Waals surface area contributed by atoms with Crippen molar-refractivity contribution in [3.63, 3.8) is 0 Å². The van der Waals surface area contributed by atoms with Gasteiger partial charge in [0.2, 0.25) is 0 Å². The third-order valence-corrected chi connectivity index (χ3v) is 5.08. The van der Waals surface area contributed by atoms with Gasteiger partial charge in [-0.3, -0.25) is 0 Å². The van der Waals surface area contributed by atoms with Crippen LogP contribution in [-0.2, 0) is 15.3 Å². The van der Waals surface area contributed by atoms with Gasteiger partial charge in [0.15, 0.2) is 0 Å². The minimum atomic E-state index is -1.06. The highest BCUT2D eigenvalue weighted by Gasteiger charge is 2.42. The molecular weight excluding hydrogens is 351 g/mol. The van der Waals surface area contributed by atoms with Gasteiger partial charge in [0.1, 0.15) is 11.6 Å². The van der Waals surface area contributed by atoms with Crippen molar-refractivity contribution in [3.05, 3.63) is 119 Å². The van der Waals surface area contributed by atoms with Gasteiger partial charge in [-0.25, -0.2) is 4.39 Å². The molecule has 0 aromatic heterocycles. The second-order valence-electron chi connectivity index (χ2n) is 6.71. The van der Waals surface area contributed by atoms with E-state index in [9.17, 15) is 4.39 Å². The van der Waals surface area contributed by atoms with Crippen LogP contribution < -0.4 is 0 Å². The molecular formula is C25H21FO2. The predicted molar refractivity (Wildman–Crippen MR) is 110 cm³/mol. The normalized spacial score (nSPS) is 19.2. The van der Waals surface area contributed by atoms with Crippen molar-refractivity contribution < 1.29 is 13.9 Å². The van der Waals surface area contributed by atoms with Crippen LogP contribution in [0.2, 0.25) is 0 Å². The number of halogens is 1. The number of benzene rings is 3. The van der Waals surface area contributed by atoms with Crippen LogP contribution in [0.15, 0.2) is 96.6 Å². The van der Waals surface area contributed by atoms with Gasteiger partial charge in [0.25, 0.3) is 5.79 Å². The molecule has 0 saturated carbocycles. The Morgan fingerprint density at radius 2 is 1.39 bits per heavy atom. The fourth-order valence-electron chi connectivity index (χ4n) is 3.60. The highest BCUT2D eigenvalue weighted by Crippen LogP contribution is 2.46. The van der Waals surface area contributed by atoms with E-state index in [4.69, 9.17) is 9.47 Å². The second kappa shape index (κ2) is 7.45. The van der Waals surface area contributed by atoms with E-state index in [0.29, 0.717) is 5.76 Å². The van der Waals surface area contributed by atoms with Crippen LogP contribution in [0.3, 0.4) is 0 Å². The number of rotatable bonds is 4. The summed E-state index contributed by atoms with van der Waals surface area (Å²) in [5.74, 6) is -0.711. The topological polar surface area (TPSA) is 18.5 Å². The maximum Gasteiger partial charge on any atom is 0.260 e. The van der Waals surface area contributed by atoms with E-state index >= 15 is 0 Å². The molecule has 0 saturated heterocycles. The summed E-state index contributed by atoms with van der Waals surface area (Å²) in [4.78, 5) is 0. The maximum atomic E-state index is 13.4. The molecule has 0 amide bonds. The zero-order chi connectivity index (χ0) is 19.6. The zero-order valence-corrected chi connectivity index (χ0v) is 15.9. The van der Waals surface area contributed by atoms with Crippen LogP contribution in [0.5, 0.6) is 0 Å². The fourth-order valence-corrected chi connectivity index (χ4v) is 3.60. The molecule has 0 radical (unpaired) electrons. The van der Waals surface area contributed by atoms with Gasteiger partial charge in [0, 0.05) is 23.8 Å². The molecule has 0 fully saturated rings. The van der Waals surface area contributed by atoms with Gasteiger partial charge in [-0.2, -0.15) is 0 Å². The molecule has 0 N–H and O–H groups in total. The minimum Gasteiger partial charge on any atom is -0.453 e. The van der Waals surface area contributed by atoms with Gasteiger partial charge in [-0.05, 0) is 48.4 Å². The van der Waals surface area contributed by atoms with E-state index in [1.807, 2.05) is 61.5 Å². The molecule has 3 aromatic carbocycles. The van der Waals surface area contributed by atoms with E-state index < -0.39 is 5.79 Å². The second-order valence-corrected chi connectivity index (χ2v) is 6.71. The number of hydrogen-bond acceptors (Lipinski definition) is 2. The lowest BCUT2D eigenvalue weighted by molar-refractivity contribution is -0.160. The van der Waals surface area contributed by atoms with Crippen LogP contribution in [0.25, 0.3) is 11.3 Å². The van der Waals surface area contributed by atoms with E-state index in [1.54, 1.807) is 19.2 Å². The number of allylic oxidation sites excluding steroid dienone is 2. The van der Waals surface area contributed by atoms with Gasteiger partial charge in [0.05, 0.1) is 0 Å². The Bertz CT molecular complexity index is 1020. The maximum absolute atomic E-state index is 13.4. The summed E-state index contributed by atoms with van der Waals surface area (Å²) in [6.45, 7) is 2.02. The van der Waals surface area contributed by atoms with E-state index in [0.717, 1.165) is 27.8 Å². The third-order valence-electron chi connectivity index (χ3n) is 5.08. The smallest absolute Gasteiger partial charge is 0.260 e. The van der Waals surface area contributed by atoms with Gasteiger partial charge < -0.3 is 9.47 Å². The lowest BCUT2D eigenvalue weighted by atomic mass is 9.87. The first kappa shape index (κ1) is 18.2. The van der Waals surface area contributed by atoms with Crippen molar-refractivity contribution in [3.8, 4) is 0 Å². The van der Waals surface area contributed by atoms with Crippen molar-refractivity contribution in [2.45, 2.75) is 12.7 Å². The Morgan fingerprint density at radius 3 is 2.00 bits per heavy atom. The highest BCUT2D eigenvalue weighted by molar-refractivity contribution is 5.86. The fraction of sp³-hybridized carbons (Fsp3) is 0.120. The van der Waals surface area contributed by atoms with Gasteiger partial charge in [-0.1, -0.05) is 60.7 Å². The molecule has 140 valence electrons. The molecule has 1 aliphatic heterocycles. The Balaban J connectivity index is 1.94. The first-order chi connectivity index (χ1) is 13.6. The van der Waals surface area contributed by atoms with Crippen molar-refractivity contribution in [2.75, 3.05) is 7.11 Å². The largest absolute Gasteiger partial charge is 0.453 e. The van der Waals surface area contributed by atoms with E-state index in [1.165, 1.54) is 12.1 Å². The third kappa shape index (κ3) is 3.14. The van der Waals surface area contributed by atoms with Gasteiger partial charge in [-0.15, -0.1) is 0 Å².